The van der Waals surface area contributed by atoms with Gasteiger partial charge in [-0.2, -0.15) is 0 Å². The minimum Gasteiger partial charge on any atom is -0.316 e. The van der Waals surface area contributed by atoms with Gasteiger partial charge in [0.05, 0.1) is 5.02 Å². The first-order valence-electron chi connectivity index (χ1n) is 5.59. The van der Waals surface area contributed by atoms with Crippen LogP contribution in [0.4, 0.5) is 0 Å². The number of aromatic nitrogens is 1. The van der Waals surface area contributed by atoms with Crippen molar-refractivity contribution in [3.05, 3.63) is 23.4 Å². The smallest absolute Gasteiger partial charge is 0.115 e. The van der Waals surface area contributed by atoms with E-state index in [9.17, 15) is 0 Å². The van der Waals surface area contributed by atoms with Crippen molar-refractivity contribution < 1.29 is 0 Å². The lowest BCUT2D eigenvalue weighted by Gasteiger charge is -2.21. The Morgan fingerprint density at radius 1 is 1.56 bits per heavy atom. The van der Waals surface area contributed by atoms with Gasteiger partial charge in [0, 0.05) is 18.0 Å². The fourth-order valence-corrected chi connectivity index (χ4v) is 2.92. The van der Waals surface area contributed by atoms with Crippen molar-refractivity contribution in [3.63, 3.8) is 0 Å². The van der Waals surface area contributed by atoms with E-state index in [1.807, 2.05) is 19.2 Å². The molecule has 0 spiro atoms. The summed E-state index contributed by atoms with van der Waals surface area (Å²) in [5.74, 6) is 1.67. The van der Waals surface area contributed by atoms with Crippen LogP contribution in [0.5, 0.6) is 0 Å². The molecule has 1 aromatic heterocycles. The Morgan fingerprint density at radius 2 is 2.31 bits per heavy atom. The molecular weight excluding hydrogens is 240 g/mol. The van der Waals surface area contributed by atoms with Gasteiger partial charge in [0.15, 0.2) is 0 Å². The van der Waals surface area contributed by atoms with E-state index in [0.717, 1.165) is 15.8 Å². The first kappa shape index (κ1) is 13.8. The molecule has 0 aliphatic heterocycles. The van der Waals surface area contributed by atoms with Crippen molar-refractivity contribution in [2.24, 2.45) is 5.92 Å². The maximum atomic E-state index is 6.06. The summed E-state index contributed by atoms with van der Waals surface area (Å²) in [6.45, 7) is 4.48. The van der Waals surface area contributed by atoms with E-state index in [2.05, 4.69) is 24.1 Å². The summed E-state index contributed by atoms with van der Waals surface area (Å²) in [7, 11) is 2.01. The standard InChI is InChI=1S/C12H19ClN2S/c1-4-9(2)11(14-3)8-16-12-10(13)6-5-7-15-12/h5-7,9,11,14H,4,8H2,1-3H3. The summed E-state index contributed by atoms with van der Waals surface area (Å²) in [4.78, 5) is 4.27. The Morgan fingerprint density at radius 3 is 2.88 bits per heavy atom. The molecule has 0 aliphatic rings. The molecule has 1 aromatic rings. The lowest BCUT2D eigenvalue weighted by Crippen LogP contribution is -2.34. The summed E-state index contributed by atoms with van der Waals surface area (Å²) < 4.78 is 0. The van der Waals surface area contributed by atoms with Gasteiger partial charge in [-0.3, -0.25) is 0 Å². The Balaban J connectivity index is 2.53. The zero-order valence-corrected chi connectivity index (χ0v) is 11.6. The highest BCUT2D eigenvalue weighted by Gasteiger charge is 2.14. The molecule has 2 unspecified atom stereocenters. The van der Waals surface area contributed by atoms with Gasteiger partial charge in [-0.1, -0.05) is 31.9 Å². The second-order valence-corrected chi connectivity index (χ2v) is 5.30. The maximum Gasteiger partial charge on any atom is 0.115 e. The molecule has 1 heterocycles. The zero-order chi connectivity index (χ0) is 12.0. The average molecular weight is 259 g/mol. The molecule has 0 radical (unpaired) electrons. The molecule has 0 aromatic carbocycles. The predicted octanol–water partition coefficient (Wildman–Crippen LogP) is 3.46. The Labute approximate surface area is 107 Å². The number of nitrogens with one attached hydrogen (secondary N) is 1. The summed E-state index contributed by atoms with van der Waals surface area (Å²) in [6.07, 6.45) is 2.97. The van der Waals surface area contributed by atoms with Gasteiger partial charge in [-0.25, -0.2) is 4.98 Å². The molecular formula is C12H19ClN2S. The summed E-state index contributed by atoms with van der Waals surface area (Å²) in [5, 5.41) is 5.02. The van der Waals surface area contributed by atoms with Gasteiger partial charge in [0.1, 0.15) is 5.03 Å². The van der Waals surface area contributed by atoms with Crippen LogP contribution in [0.2, 0.25) is 5.02 Å². The van der Waals surface area contributed by atoms with Gasteiger partial charge in [0.25, 0.3) is 0 Å². The first-order valence-corrected chi connectivity index (χ1v) is 6.96. The monoisotopic (exact) mass is 258 g/mol. The van der Waals surface area contributed by atoms with Crippen LogP contribution in [0.1, 0.15) is 20.3 Å². The molecule has 1 rings (SSSR count). The van der Waals surface area contributed by atoms with Crippen LogP contribution in [-0.4, -0.2) is 23.8 Å². The van der Waals surface area contributed by atoms with Crippen LogP contribution in [0, 0.1) is 5.92 Å². The number of halogens is 1. The van der Waals surface area contributed by atoms with Crippen LogP contribution in [0.25, 0.3) is 0 Å². The van der Waals surface area contributed by atoms with Crippen LogP contribution in [0.3, 0.4) is 0 Å². The van der Waals surface area contributed by atoms with E-state index in [1.54, 1.807) is 18.0 Å². The van der Waals surface area contributed by atoms with Crippen molar-refractivity contribution in [3.8, 4) is 0 Å². The van der Waals surface area contributed by atoms with Crippen LogP contribution < -0.4 is 5.32 Å². The molecule has 0 amide bonds. The van der Waals surface area contributed by atoms with Gasteiger partial charge >= 0.3 is 0 Å². The number of pyridine rings is 1. The highest BCUT2D eigenvalue weighted by Crippen LogP contribution is 2.26. The zero-order valence-electron chi connectivity index (χ0n) is 10.0. The largest absolute Gasteiger partial charge is 0.316 e. The van der Waals surface area contributed by atoms with E-state index >= 15 is 0 Å². The Kier molecular flexibility index (Phi) is 6.17. The molecule has 0 fully saturated rings. The molecule has 0 aliphatic carbocycles. The van der Waals surface area contributed by atoms with Gasteiger partial charge in [-0.15, -0.1) is 11.8 Å². The lowest BCUT2D eigenvalue weighted by atomic mass is 10.0. The van der Waals surface area contributed by atoms with Crippen LogP contribution in [-0.2, 0) is 0 Å². The summed E-state index contributed by atoms with van der Waals surface area (Å²) in [6, 6.07) is 4.25. The van der Waals surface area contributed by atoms with E-state index in [1.165, 1.54) is 6.42 Å². The number of thioether (sulfide) groups is 1. The SMILES string of the molecule is CCC(C)C(CSc1ncccc1Cl)NC. The molecule has 0 saturated heterocycles. The van der Waals surface area contributed by atoms with Crippen LogP contribution >= 0.6 is 23.4 Å². The number of hydrogen-bond acceptors (Lipinski definition) is 3. The molecule has 1 N–H and O–H groups in total. The number of hydrogen-bond donors (Lipinski definition) is 1. The molecule has 4 heteroatoms. The fraction of sp³-hybridized carbons (Fsp3) is 0.583. The highest BCUT2D eigenvalue weighted by atomic mass is 35.5. The maximum absolute atomic E-state index is 6.06. The minimum atomic E-state index is 0.507. The second kappa shape index (κ2) is 7.15. The molecule has 16 heavy (non-hydrogen) atoms. The van der Waals surface area contributed by atoms with Gasteiger partial charge in [-0.05, 0) is 25.1 Å². The second-order valence-electron chi connectivity index (χ2n) is 3.88. The Bertz CT molecular complexity index is 320. The third-order valence-electron chi connectivity index (χ3n) is 2.83. The minimum absolute atomic E-state index is 0.507. The van der Waals surface area contributed by atoms with E-state index < -0.39 is 0 Å². The lowest BCUT2D eigenvalue weighted by molar-refractivity contribution is 0.420. The first-order chi connectivity index (χ1) is 7.69. The predicted molar refractivity (Wildman–Crippen MR) is 72.3 cm³/mol. The van der Waals surface area contributed by atoms with E-state index in [-0.39, 0.29) is 0 Å². The molecule has 2 atom stereocenters. The molecule has 0 bridgehead atoms. The van der Waals surface area contributed by atoms with Crippen molar-refractivity contribution in [1.82, 2.24) is 10.3 Å². The normalized spacial score (nSPS) is 14.8. The fourth-order valence-electron chi connectivity index (χ4n) is 1.46. The topological polar surface area (TPSA) is 24.9 Å². The molecule has 90 valence electrons. The average Bonchev–Trinajstić information content (AvgIpc) is 2.31. The van der Waals surface area contributed by atoms with Crippen molar-refractivity contribution in [1.29, 1.82) is 0 Å². The highest BCUT2D eigenvalue weighted by molar-refractivity contribution is 7.99. The Hall–Kier alpha value is -0.250. The molecule has 0 saturated carbocycles. The van der Waals surface area contributed by atoms with E-state index in [0.29, 0.717) is 12.0 Å². The quantitative estimate of drug-likeness (QED) is 0.791. The van der Waals surface area contributed by atoms with Gasteiger partial charge in [0.2, 0.25) is 0 Å². The third-order valence-corrected chi connectivity index (χ3v) is 4.37. The molecule has 2 nitrogen and oxygen atoms in total. The van der Waals surface area contributed by atoms with Crippen molar-refractivity contribution in [2.45, 2.75) is 31.3 Å². The summed E-state index contributed by atoms with van der Waals surface area (Å²) >= 11 is 7.78. The number of nitrogens with zero attached hydrogens (tertiary/aromatic N) is 1. The van der Waals surface area contributed by atoms with Gasteiger partial charge < -0.3 is 5.32 Å². The summed E-state index contributed by atoms with van der Waals surface area (Å²) in [5.41, 5.74) is 0. The van der Waals surface area contributed by atoms with Crippen molar-refractivity contribution in [2.75, 3.05) is 12.8 Å². The number of rotatable bonds is 6. The van der Waals surface area contributed by atoms with Crippen molar-refractivity contribution >= 4 is 23.4 Å². The van der Waals surface area contributed by atoms with E-state index in [4.69, 9.17) is 11.6 Å². The third kappa shape index (κ3) is 3.96. The van der Waals surface area contributed by atoms with Crippen LogP contribution in [0.15, 0.2) is 23.4 Å².